The minimum absolute atomic E-state index is 0.0653. The highest BCUT2D eigenvalue weighted by atomic mass is 35.5. The Kier molecular flexibility index (Phi) is 3.69. The second-order valence-corrected chi connectivity index (χ2v) is 4.51. The summed E-state index contributed by atoms with van der Waals surface area (Å²) in [5, 5.41) is 4.89. The minimum atomic E-state index is 0.0653. The summed E-state index contributed by atoms with van der Waals surface area (Å²) in [5.74, 6) is 0.0653. The standard InChI is InChI=1S/C11H16ClN3O2/c1-8-11(12)9(2)15(13-8)7-10(16)14-3-5-17-6-4-14/h3-7H2,1-2H3. The van der Waals surface area contributed by atoms with Gasteiger partial charge in [0.25, 0.3) is 0 Å². The number of halogens is 1. The fraction of sp³-hybridized carbons (Fsp3) is 0.636. The molecule has 1 fully saturated rings. The number of hydrogen-bond acceptors (Lipinski definition) is 3. The summed E-state index contributed by atoms with van der Waals surface area (Å²) in [7, 11) is 0. The number of carbonyl (C=O) groups is 1. The van der Waals surface area contributed by atoms with Crippen LogP contribution in [0.25, 0.3) is 0 Å². The average Bonchev–Trinajstić information content (AvgIpc) is 2.58. The summed E-state index contributed by atoms with van der Waals surface area (Å²) in [6, 6.07) is 0. The fourth-order valence-corrected chi connectivity index (χ4v) is 2.01. The molecule has 17 heavy (non-hydrogen) atoms. The van der Waals surface area contributed by atoms with Crippen LogP contribution < -0.4 is 0 Å². The maximum atomic E-state index is 12.0. The van der Waals surface area contributed by atoms with E-state index in [4.69, 9.17) is 16.3 Å². The van der Waals surface area contributed by atoms with Gasteiger partial charge in [0.1, 0.15) is 6.54 Å². The van der Waals surface area contributed by atoms with Crippen molar-refractivity contribution in [2.45, 2.75) is 20.4 Å². The molecule has 0 radical (unpaired) electrons. The van der Waals surface area contributed by atoms with Gasteiger partial charge in [-0.3, -0.25) is 9.48 Å². The second kappa shape index (κ2) is 5.06. The zero-order chi connectivity index (χ0) is 12.4. The number of rotatable bonds is 2. The number of aryl methyl sites for hydroxylation is 1. The first kappa shape index (κ1) is 12.4. The summed E-state index contributed by atoms with van der Waals surface area (Å²) < 4.78 is 6.87. The smallest absolute Gasteiger partial charge is 0.244 e. The Morgan fingerprint density at radius 1 is 1.41 bits per heavy atom. The molecule has 1 amide bonds. The lowest BCUT2D eigenvalue weighted by molar-refractivity contribution is -0.136. The van der Waals surface area contributed by atoms with Crippen LogP contribution in [0.4, 0.5) is 0 Å². The lowest BCUT2D eigenvalue weighted by Crippen LogP contribution is -2.42. The molecule has 0 atom stereocenters. The van der Waals surface area contributed by atoms with E-state index >= 15 is 0 Å². The first-order valence-corrected chi connectivity index (χ1v) is 6.02. The number of nitrogens with zero attached hydrogens (tertiary/aromatic N) is 3. The molecule has 0 bridgehead atoms. The molecule has 1 saturated heterocycles. The van der Waals surface area contributed by atoms with Crippen molar-refractivity contribution in [2.24, 2.45) is 0 Å². The van der Waals surface area contributed by atoms with Gasteiger partial charge in [-0.1, -0.05) is 11.6 Å². The summed E-state index contributed by atoms with van der Waals surface area (Å²) in [6.07, 6.45) is 0. The molecule has 5 nitrogen and oxygen atoms in total. The molecule has 2 rings (SSSR count). The first-order valence-electron chi connectivity index (χ1n) is 5.64. The SMILES string of the molecule is Cc1nn(CC(=O)N2CCOCC2)c(C)c1Cl. The predicted molar refractivity (Wildman–Crippen MR) is 64.1 cm³/mol. The van der Waals surface area contributed by atoms with Crippen LogP contribution in [-0.4, -0.2) is 46.9 Å². The van der Waals surface area contributed by atoms with Crippen LogP contribution in [0.1, 0.15) is 11.4 Å². The highest BCUT2D eigenvalue weighted by Crippen LogP contribution is 2.18. The number of aromatic nitrogens is 2. The number of morpholine rings is 1. The maximum absolute atomic E-state index is 12.0. The molecule has 1 aliphatic heterocycles. The Bertz CT molecular complexity index is 425. The Morgan fingerprint density at radius 2 is 2.06 bits per heavy atom. The van der Waals surface area contributed by atoms with Gasteiger partial charge in [-0.15, -0.1) is 0 Å². The normalized spacial score (nSPS) is 16.3. The van der Waals surface area contributed by atoms with Gasteiger partial charge in [0, 0.05) is 13.1 Å². The second-order valence-electron chi connectivity index (χ2n) is 4.14. The number of amides is 1. The molecule has 1 aromatic heterocycles. The quantitative estimate of drug-likeness (QED) is 0.795. The van der Waals surface area contributed by atoms with Gasteiger partial charge in [-0.2, -0.15) is 5.10 Å². The molecule has 1 aromatic rings. The highest BCUT2D eigenvalue weighted by molar-refractivity contribution is 6.31. The van der Waals surface area contributed by atoms with Crippen molar-refractivity contribution in [2.75, 3.05) is 26.3 Å². The topological polar surface area (TPSA) is 47.4 Å². The van der Waals surface area contributed by atoms with E-state index in [1.54, 1.807) is 9.58 Å². The van der Waals surface area contributed by atoms with Gasteiger partial charge in [-0.05, 0) is 13.8 Å². The predicted octanol–water partition coefficient (Wildman–Crippen LogP) is 1.01. The zero-order valence-electron chi connectivity index (χ0n) is 10.1. The lowest BCUT2D eigenvalue weighted by atomic mass is 10.3. The van der Waals surface area contributed by atoms with Crippen LogP contribution in [-0.2, 0) is 16.1 Å². The largest absolute Gasteiger partial charge is 0.378 e. The summed E-state index contributed by atoms with van der Waals surface area (Å²) in [5.41, 5.74) is 1.60. The third kappa shape index (κ3) is 2.61. The monoisotopic (exact) mass is 257 g/mol. The molecule has 1 aliphatic rings. The van der Waals surface area contributed by atoms with Gasteiger partial charge in [-0.25, -0.2) is 0 Å². The minimum Gasteiger partial charge on any atom is -0.378 e. The molecule has 0 spiro atoms. The van der Waals surface area contributed by atoms with E-state index in [-0.39, 0.29) is 12.5 Å². The van der Waals surface area contributed by atoms with E-state index in [1.165, 1.54) is 0 Å². The lowest BCUT2D eigenvalue weighted by Gasteiger charge is -2.26. The molecule has 0 N–H and O–H groups in total. The molecule has 2 heterocycles. The van der Waals surface area contributed by atoms with E-state index in [0.717, 1.165) is 11.4 Å². The van der Waals surface area contributed by atoms with Gasteiger partial charge in [0.15, 0.2) is 0 Å². The van der Waals surface area contributed by atoms with E-state index in [2.05, 4.69) is 5.10 Å². The van der Waals surface area contributed by atoms with Crippen molar-refractivity contribution in [1.82, 2.24) is 14.7 Å². The third-order valence-electron chi connectivity index (χ3n) is 2.94. The summed E-state index contributed by atoms with van der Waals surface area (Å²) >= 11 is 6.04. The molecule has 0 aromatic carbocycles. The van der Waals surface area contributed by atoms with Crippen LogP contribution in [0.3, 0.4) is 0 Å². The van der Waals surface area contributed by atoms with Crippen molar-refractivity contribution >= 4 is 17.5 Å². The van der Waals surface area contributed by atoms with Crippen LogP contribution in [0.15, 0.2) is 0 Å². The molecule has 94 valence electrons. The van der Waals surface area contributed by atoms with Gasteiger partial charge in [0.2, 0.25) is 5.91 Å². The summed E-state index contributed by atoms with van der Waals surface area (Å²) in [6.45, 7) is 6.50. The Labute approximate surface area is 105 Å². The van der Waals surface area contributed by atoms with E-state index in [0.29, 0.717) is 31.3 Å². The third-order valence-corrected chi connectivity index (χ3v) is 3.49. The Balaban J connectivity index is 2.04. The van der Waals surface area contributed by atoms with Crippen molar-refractivity contribution in [3.63, 3.8) is 0 Å². The van der Waals surface area contributed by atoms with E-state index in [1.807, 2.05) is 13.8 Å². The Hall–Kier alpha value is -1.07. The summed E-state index contributed by atoms with van der Waals surface area (Å²) in [4.78, 5) is 13.8. The number of hydrogen-bond donors (Lipinski definition) is 0. The average molecular weight is 258 g/mol. The van der Waals surface area contributed by atoms with Crippen molar-refractivity contribution in [3.8, 4) is 0 Å². The molecular weight excluding hydrogens is 242 g/mol. The molecular formula is C11H16ClN3O2. The van der Waals surface area contributed by atoms with Gasteiger partial charge < -0.3 is 9.64 Å². The number of ether oxygens (including phenoxy) is 1. The van der Waals surface area contributed by atoms with Crippen LogP contribution in [0.5, 0.6) is 0 Å². The number of carbonyl (C=O) groups excluding carboxylic acids is 1. The van der Waals surface area contributed by atoms with Crippen LogP contribution in [0.2, 0.25) is 5.02 Å². The maximum Gasteiger partial charge on any atom is 0.244 e. The Morgan fingerprint density at radius 3 is 2.59 bits per heavy atom. The molecule has 0 unspecified atom stereocenters. The van der Waals surface area contributed by atoms with Crippen molar-refractivity contribution in [3.05, 3.63) is 16.4 Å². The molecule has 0 saturated carbocycles. The zero-order valence-corrected chi connectivity index (χ0v) is 10.8. The van der Waals surface area contributed by atoms with E-state index in [9.17, 15) is 4.79 Å². The van der Waals surface area contributed by atoms with Crippen LogP contribution >= 0.6 is 11.6 Å². The van der Waals surface area contributed by atoms with Gasteiger partial charge >= 0.3 is 0 Å². The highest BCUT2D eigenvalue weighted by Gasteiger charge is 2.19. The van der Waals surface area contributed by atoms with Crippen molar-refractivity contribution < 1.29 is 9.53 Å². The molecule has 6 heteroatoms. The molecule has 0 aliphatic carbocycles. The fourth-order valence-electron chi connectivity index (χ4n) is 1.87. The van der Waals surface area contributed by atoms with Crippen molar-refractivity contribution in [1.29, 1.82) is 0 Å². The van der Waals surface area contributed by atoms with Crippen LogP contribution in [0, 0.1) is 13.8 Å². The van der Waals surface area contributed by atoms with E-state index < -0.39 is 0 Å². The van der Waals surface area contributed by atoms with Gasteiger partial charge in [0.05, 0.1) is 29.6 Å². The first-order chi connectivity index (χ1) is 8.09.